The van der Waals surface area contributed by atoms with E-state index in [4.69, 9.17) is 9.84 Å². The van der Waals surface area contributed by atoms with Gasteiger partial charge in [-0.1, -0.05) is 6.92 Å². The van der Waals surface area contributed by atoms with E-state index in [1.165, 1.54) is 6.20 Å². The normalized spacial score (nSPS) is 23.2. The van der Waals surface area contributed by atoms with Crippen molar-refractivity contribution in [1.82, 2.24) is 9.55 Å². The SMILES string of the molecule is CCc1cn([C@H]2O[C@@H](CO)C=C2F)c(=O)[nH]c1=O. The van der Waals surface area contributed by atoms with Crippen LogP contribution < -0.4 is 11.2 Å². The van der Waals surface area contributed by atoms with Gasteiger partial charge in [0.2, 0.25) is 0 Å². The highest BCUT2D eigenvalue weighted by atomic mass is 19.1. The van der Waals surface area contributed by atoms with Crippen LogP contribution in [0.4, 0.5) is 4.39 Å². The third kappa shape index (κ3) is 2.14. The van der Waals surface area contributed by atoms with Crippen molar-refractivity contribution >= 4 is 0 Å². The van der Waals surface area contributed by atoms with Gasteiger partial charge in [0.05, 0.1) is 6.61 Å². The zero-order chi connectivity index (χ0) is 13.3. The first-order valence-electron chi connectivity index (χ1n) is 5.54. The van der Waals surface area contributed by atoms with Gasteiger partial charge in [0.25, 0.3) is 5.56 Å². The number of nitrogens with one attached hydrogen (secondary N) is 1. The lowest BCUT2D eigenvalue weighted by Crippen LogP contribution is -2.34. The highest BCUT2D eigenvalue weighted by Crippen LogP contribution is 2.28. The summed E-state index contributed by atoms with van der Waals surface area (Å²) in [5.74, 6) is -0.662. The Morgan fingerprint density at radius 2 is 2.28 bits per heavy atom. The number of nitrogens with zero attached hydrogens (tertiary/aromatic N) is 1. The van der Waals surface area contributed by atoms with E-state index in [1.807, 2.05) is 0 Å². The number of rotatable bonds is 3. The number of H-pyrrole nitrogens is 1. The number of aryl methyl sites for hydroxylation is 1. The lowest BCUT2D eigenvalue weighted by Gasteiger charge is -2.15. The monoisotopic (exact) mass is 256 g/mol. The molecule has 0 saturated carbocycles. The Labute approximate surface area is 101 Å². The van der Waals surface area contributed by atoms with E-state index in [1.54, 1.807) is 6.92 Å². The van der Waals surface area contributed by atoms with Crippen molar-refractivity contribution in [2.24, 2.45) is 0 Å². The van der Waals surface area contributed by atoms with E-state index in [0.29, 0.717) is 12.0 Å². The maximum absolute atomic E-state index is 13.6. The van der Waals surface area contributed by atoms with Crippen molar-refractivity contribution in [3.63, 3.8) is 0 Å². The van der Waals surface area contributed by atoms with Crippen LogP contribution >= 0.6 is 0 Å². The fourth-order valence-corrected chi connectivity index (χ4v) is 1.78. The highest BCUT2D eigenvalue weighted by Gasteiger charge is 2.29. The second-order valence-corrected chi connectivity index (χ2v) is 3.94. The average molecular weight is 256 g/mol. The number of aromatic amines is 1. The molecule has 0 bridgehead atoms. The van der Waals surface area contributed by atoms with Crippen molar-refractivity contribution in [2.45, 2.75) is 25.7 Å². The Balaban J connectivity index is 2.44. The van der Waals surface area contributed by atoms with Crippen molar-refractivity contribution in [1.29, 1.82) is 0 Å². The minimum atomic E-state index is -1.23. The third-order valence-corrected chi connectivity index (χ3v) is 2.74. The molecule has 98 valence electrons. The Hall–Kier alpha value is -1.73. The predicted molar refractivity (Wildman–Crippen MR) is 60.9 cm³/mol. The molecule has 0 amide bonds. The van der Waals surface area contributed by atoms with Gasteiger partial charge in [0.1, 0.15) is 11.9 Å². The molecule has 0 aromatic carbocycles. The molecule has 1 aromatic rings. The molecule has 0 radical (unpaired) electrons. The van der Waals surface area contributed by atoms with Crippen molar-refractivity contribution in [3.05, 3.63) is 44.5 Å². The molecular formula is C11H13FN2O4. The van der Waals surface area contributed by atoms with E-state index >= 15 is 0 Å². The number of aliphatic hydroxyl groups is 1. The molecule has 0 fully saturated rings. The maximum Gasteiger partial charge on any atom is 0.330 e. The van der Waals surface area contributed by atoms with Crippen LogP contribution in [0.1, 0.15) is 18.7 Å². The van der Waals surface area contributed by atoms with E-state index in [0.717, 1.165) is 10.6 Å². The van der Waals surface area contributed by atoms with Gasteiger partial charge in [-0.15, -0.1) is 0 Å². The first-order chi connectivity index (χ1) is 8.56. The number of aromatic nitrogens is 2. The van der Waals surface area contributed by atoms with Gasteiger partial charge in [-0.05, 0) is 12.5 Å². The minimum absolute atomic E-state index is 0.360. The third-order valence-electron chi connectivity index (χ3n) is 2.74. The average Bonchev–Trinajstić information content (AvgIpc) is 2.71. The molecule has 6 nitrogen and oxygen atoms in total. The number of hydrogen-bond acceptors (Lipinski definition) is 4. The van der Waals surface area contributed by atoms with Crippen LogP contribution in [0, 0.1) is 0 Å². The smallest absolute Gasteiger partial charge is 0.330 e. The zero-order valence-electron chi connectivity index (χ0n) is 9.72. The van der Waals surface area contributed by atoms with Gasteiger partial charge in [0, 0.05) is 11.8 Å². The summed E-state index contributed by atoms with van der Waals surface area (Å²) >= 11 is 0. The van der Waals surface area contributed by atoms with Crippen LogP contribution in [0.3, 0.4) is 0 Å². The van der Waals surface area contributed by atoms with Crippen LogP contribution in [-0.2, 0) is 11.2 Å². The van der Waals surface area contributed by atoms with E-state index in [2.05, 4.69) is 4.98 Å². The Morgan fingerprint density at radius 3 is 2.83 bits per heavy atom. The topological polar surface area (TPSA) is 84.3 Å². The summed E-state index contributed by atoms with van der Waals surface area (Å²) in [4.78, 5) is 25.1. The van der Waals surface area contributed by atoms with Crippen LogP contribution in [0.15, 0.2) is 27.7 Å². The largest absolute Gasteiger partial charge is 0.393 e. The van der Waals surface area contributed by atoms with Crippen LogP contribution in [-0.4, -0.2) is 27.4 Å². The number of hydrogen-bond donors (Lipinski definition) is 2. The maximum atomic E-state index is 13.6. The fourth-order valence-electron chi connectivity index (χ4n) is 1.78. The molecule has 2 atom stereocenters. The standard InChI is InChI=1S/C11H13FN2O4/c1-2-6-4-14(11(17)13-9(6)16)10-8(12)3-7(5-15)18-10/h3-4,7,10,15H,2,5H2,1H3,(H,13,16,17)/t7-,10+/m1/s1. The first kappa shape index (κ1) is 12.7. The molecule has 18 heavy (non-hydrogen) atoms. The van der Waals surface area contributed by atoms with Crippen molar-refractivity contribution in [3.8, 4) is 0 Å². The van der Waals surface area contributed by atoms with Crippen molar-refractivity contribution in [2.75, 3.05) is 6.61 Å². The summed E-state index contributed by atoms with van der Waals surface area (Å²) in [6.45, 7) is 1.38. The van der Waals surface area contributed by atoms with Crippen LogP contribution in [0.2, 0.25) is 0 Å². The quantitative estimate of drug-likeness (QED) is 0.787. The molecule has 0 aliphatic carbocycles. The number of aliphatic hydroxyl groups excluding tert-OH is 1. The Bertz CT molecular complexity index is 589. The molecule has 0 saturated heterocycles. The first-order valence-corrected chi connectivity index (χ1v) is 5.54. The summed E-state index contributed by atoms with van der Waals surface area (Å²) in [6, 6.07) is 0. The molecule has 2 heterocycles. The fraction of sp³-hybridized carbons (Fsp3) is 0.455. The second kappa shape index (κ2) is 4.87. The summed E-state index contributed by atoms with van der Waals surface area (Å²) in [7, 11) is 0. The molecule has 1 aliphatic rings. The van der Waals surface area contributed by atoms with E-state index < -0.39 is 29.4 Å². The van der Waals surface area contributed by atoms with E-state index in [-0.39, 0.29) is 6.61 Å². The second-order valence-electron chi connectivity index (χ2n) is 3.94. The number of ether oxygens (including phenoxy) is 1. The van der Waals surface area contributed by atoms with Gasteiger partial charge >= 0.3 is 5.69 Å². The molecular weight excluding hydrogens is 243 g/mol. The predicted octanol–water partition coefficient (Wildman–Crippen LogP) is -0.158. The van der Waals surface area contributed by atoms with Gasteiger partial charge in [-0.2, -0.15) is 0 Å². The van der Waals surface area contributed by atoms with Gasteiger partial charge in [-0.3, -0.25) is 14.3 Å². The van der Waals surface area contributed by atoms with Crippen molar-refractivity contribution < 1.29 is 14.2 Å². The van der Waals surface area contributed by atoms with Gasteiger partial charge < -0.3 is 9.84 Å². The lowest BCUT2D eigenvalue weighted by molar-refractivity contribution is -0.0216. The molecule has 7 heteroatoms. The highest BCUT2D eigenvalue weighted by molar-refractivity contribution is 5.11. The summed E-state index contributed by atoms with van der Waals surface area (Å²) in [5, 5.41) is 8.88. The van der Waals surface area contributed by atoms with Crippen LogP contribution in [0.5, 0.6) is 0 Å². The lowest BCUT2D eigenvalue weighted by atomic mass is 10.2. The van der Waals surface area contributed by atoms with E-state index in [9.17, 15) is 14.0 Å². The zero-order valence-corrected chi connectivity index (χ0v) is 9.72. The molecule has 1 aliphatic heterocycles. The summed E-state index contributed by atoms with van der Waals surface area (Å²) in [5.41, 5.74) is -0.873. The summed E-state index contributed by atoms with van der Waals surface area (Å²) in [6.07, 6.45) is 0.792. The van der Waals surface area contributed by atoms with Gasteiger partial charge in [-0.25, -0.2) is 9.18 Å². The molecule has 0 unspecified atom stereocenters. The summed E-state index contributed by atoms with van der Waals surface area (Å²) < 4.78 is 19.7. The Morgan fingerprint density at radius 1 is 1.56 bits per heavy atom. The molecule has 2 rings (SSSR count). The molecule has 1 aromatic heterocycles. The van der Waals surface area contributed by atoms with Crippen LogP contribution in [0.25, 0.3) is 0 Å². The molecule has 2 N–H and O–H groups in total. The number of halogens is 1. The van der Waals surface area contributed by atoms with Gasteiger partial charge in [0.15, 0.2) is 6.23 Å². The minimum Gasteiger partial charge on any atom is -0.393 e. The molecule has 0 spiro atoms. The Kier molecular flexibility index (Phi) is 3.44.